The molecule has 0 aliphatic rings. The molecule has 15 heavy (non-hydrogen) atoms. The van der Waals surface area contributed by atoms with Crippen LogP contribution in [0, 0.1) is 11.3 Å². The van der Waals surface area contributed by atoms with Gasteiger partial charge in [0.05, 0.1) is 12.6 Å². The highest BCUT2D eigenvalue weighted by molar-refractivity contribution is 8.75. The van der Waals surface area contributed by atoms with Gasteiger partial charge in [-0.25, -0.2) is 4.31 Å². The first kappa shape index (κ1) is 12.4. The van der Waals surface area contributed by atoms with Gasteiger partial charge in [0.2, 0.25) is 0 Å². The summed E-state index contributed by atoms with van der Waals surface area (Å²) >= 11 is 0. The number of nitrogens with zero attached hydrogens (tertiary/aromatic N) is 2. The lowest BCUT2D eigenvalue weighted by atomic mass is 10.2. The molecular weight excluding hydrogens is 224 g/mol. The Morgan fingerprint density at radius 1 is 1.33 bits per heavy atom. The molecule has 1 aromatic rings. The van der Waals surface area contributed by atoms with Gasteiger partial charge in [0, 0.05) is 5.75 Å². The highest BCUT2D eigenvalue weighted by atomic mass is 33.1. The van der Waals surface area contributed by atoms with E-state index >= 15 is 0 Å². The van der Waals surface area contributed by atoms with E-state index in [-0.39, 0.29) is 0 Å². The average Bonchev–Trinajstić information content (AvgIpc) is 2.26. The summed E-state index contributed by atoms with van der Waals surface area (Å²) in [5.41, 5.74) is 1.37. The highest BCUT2D eigenvalue weighted by Crippen LogP contribution is 2.24. The summed E-state index contributed by atoms with van der Waals surface area (Å²) in [7, 11) is 5.37. The van der Waals surface area contributed by atoms with E-state index in [1.165, 1.54) is 5.56 Å². The van der Waals surface area contributed by atoms with Crippen LogP contribution in [0.2, 0.25) is 0 Å². The third kappa shape index (κ3) is 5.73. The fourth-order valence-corrected chi connectivity index (χ4v) is 2.91. The summed E-state index contributed by atoms with van der Waals surface area (Å²) in [6.07, 6.45) is 1.08. The van der Waals surface area contributed by atoms with Crippen molar-refractivity contribution in [1.82, 2.24) is 4.31 Å². The first-order valence-electron chi connectivity index (χ1n) is 4.74. The van der Waals surface area contributed by atoms with E-state index in [1.54, 1.807) is 21.8 Å². The zero-order chi connectivity index (χ0) is 10.9. The second kappa shape index (κ2) is 7.63. The van der Waals surface area contributed by atoms with Gasteiger partial charge in [-0.3, -0.25) is 0 Å². The molecule has 0 saturated heterocycles. The highest BCUT2D eigenvalue weighted by Gasteiger charge is 1.98. The minimum absolute atomic E-state index is 0.475. The van der Waals surface area contributed by atoms with Gasteiger partial charge < -0.3 is 0 Å². The average molecular weight is 238 g/mol. The maximum Gasteiger partial charge on any atom is 0.0966 e. The fourth-order valence-electron chi connectivity index (χ4n) is 1.06. The number of benzene rings is 1. The van der Waals surface area contributed by atoms with Crippen molar-refractivity contribution < 1.29 is 0 Å². The Balaban J connectivity index is 2.10. The van der Waals surface area contributed by atoms with Crippen molar-refractivity contribution in [3.63, 3.8) is 0 Å². The van der Waals surface area contributed by atoms with Gasteiger partial charge in [-0.1, -0.05) is 41.1 Å². The van der Waals surface area contributed by atoms with Crippen LogP contribution in [0.5, 0.6) is 0 Å². The van der Waals surface area contributed by atoms with E-state index in [0.717, 1.165) is 12.2 Å². The van der Waals surface area contributed by atoms with Gasteiger partial charge in [-0.05, 0) is 30.0 Å². The molecule has 0 aliphatic heterocycles. The van der Waals surface area contributed by atoms with Crippen molar-refractivity contribution in [1.29, 1.82) is 5.26 Å². The first-order chi connectivity index (χ1) is 7.33. The summed E-state index contributed by atoms with van der Waals surface area (Å²) in [4.78, 5) is 0. The molecule has 4 heteroatoms. The van der Waals surface area contributed by atoms with Crippen LogP contribution in [0.25, 0.3) is 0 Å². The number of aryl methyl sites for hydroxylation is 1. The van der Waals surface area contributed by atoms with E-state index in [9.17, 15) is 0 Å². The van der Waals surface area contributed by atoms with Crippen LogP contribution in [0.15, 0.2) is 30.3 Å². The Labute approximate surface area is 99.2 Å². The summed E-state index contributed by atoms with van der Waals surface area (Å²) in [5, 5.41) is 8.46. The molecule has 0 aromatic heterocycles. The summed E-state index contributed by atoms with van der Waals surface area (Å²) in [6.45, 7) is 0.475. The predicted molar refractivity (Wildman–Crippen MR) is 68.4 cm³/mol. The normalized spacial score (nSPS) is 10.2. The van der Waals surface area contributed by atoms with E-state index in [2.05, 4.69) is 30.3 Å². The Bertz CT molecular complexity index is 308. The molecule has 2 nitrogen and oxygen atoms in total. The fraction of sp³-hybridized carbons (Fsp3) is 0.364. The van der Waals surface area contributed by atoms with E-state index in [4.69, 9.17) is 5.26 Å². The van der Waals surface area contributed by atoms with Crippen LogP contribution < -0.4 is 0 Å². The van der Waals surface area contributed by atoms with Crippen molar-refractivity contribution in [2.24, 2.45) is 0 Å². The minimum Gasteiger partial charge on any atom is -0.230 e. The zero-order valence-corrected chi connectivity index (χ0v) is 10.4. The lowest BCUT2D eigenvalue weighted by Gasteiger charge is -2.09. The second-order valence-corrected chi connectivity index (χ2v) is 5.65. The molecule has 0 N–H and O–H groups in total. The van der Waals surface area contributed by atoms with Crippen molar-refractivity contribution in [3.8, 4) is 6.07 Å². The van der Waals surface area contributed by atoms with Gasteiger partial charge >= 0.3 is 0 Å². The van der Waals surface area contributed by atoms with Crippen LogP contribution in [0.3, 0.4) is 0 Å². The quantitative estimate of drug-likeness (QED) is 0.329. The number of nitriles is 1. The topological polar surface area (TPSA) is 27.0 Å². The summed E-state index contributed by atoms with van der Waals surface area (Å²) in [6, 6.07) is 12.6. The Morgan fingerprint density at radius 2 is 2.07 bits per heavy atom. The number of rotatable bonds is 6. The molecule has 0 atom stereocenters. The van der Waals surface area contributed by atoms with Crippen LogP contribution in [0.4, 0.5) is 0 Å². The molecule has 1 aromatic carbocycles. The van der Waals surface area contributed by atoms with E-state index in [0.29, 0.717) is 6.54 Å². The van der Waals surface area contributed by atoms with Crippen LogP contribution in [-0.2, 0) is 6.42 Å². The van der Waals surface area contributed by atoms with Gasteiger partial charge in [0.1, 0.15) is 0 Å². The molecule has 0 amide bonds. The molecule has 0 heterocycles. The summed E-state index contributed by atoms with van der Waals surface area (Å²) in [5.74, 6) is 1.07. The summed E-state index contributed by atoms with van der Waals surface area (Å²) < 4.78 is 1.94. The standard InChI is InChI=1S/C11H14N2S2/c1-13(9-8-12)15-14-10-7-11-5-3-2-4-6-11/h2-6H,7,9-10H2,1H3. The zero-order valence-electron chi connectivity index (χ0n) is 8.72. The van der Waals surface area contributed by atoms with E-state index < -0.39 is 0 Å². The van der Waals surface area contributed by atoms with Crippen LogP contribution in [-0.4, -0.2) is 23.7 Å². The molecule has 0 bridgehead atoms. The van der Waals surface area contributed by atoms with E-state index in [1.807, 2.05) is 17.4 Å². The third-order valence-corrected chi connectivity index (χ3v) is 4.23. The molecular formula is C11H14N2S2. The lowest BCUT2D eigenvalue weighted by molar-refractivity contribution is 0.650. The van der Waals surface area contributed by atoms with Gasteiger partial charge in [0.15, 0.2) is 0 Å². The Hall–Kier alpha value is -0.630. The van der Waals surface area contributed by atoms with Crippen molar-refractivity contribution in [2.75, 3.05) is 19.3 Å². The molecule has 0 aliphatic carbocycles. The monoisotopic (exact) mass is 238 g/mol. The lowest BCUT2D eigenvalue weighted by Crippen LogP contribution is -2.06. The third-order valence-electron chi connectivity index (χ3n) is 1.79. The molecule has 80 valence electrons. The first-order valence-corrected chi connectivity index (χ1v) is 7.02. The van der Waals surface area contributed by atoms with Crippen molar-refractivity contribution in [2.45, 2.75) is 6.42 Å². The molecule has 0 saturated carbocycles. The van der Waals surface area contributed by atoms with Gasteiger partial charge in [0.25, 0.3) is 0 Å². The maximum absolute atomic E-state index is 8.46. The number of hydrogen-bond donors (Lipinski definition) is 0. The Kier molecular flexibility index (Phi) is 6.33. The molecule has 1 rings (SSSR count). The molecule has 0 fully saturated rings. The Morgan fingerprint density at radius 3 is 2.73 bits per heavy atom. The van der Waals surface area contributed by atoms with Crippen molar-refractivity contribution in [3.05, 3.63) is 35.9 Å². The van der Waals surface area contributed by atoms with Crippen molar-refractivity contribution >= 4 is 21.8 Å². The maximum atomic E-state index is 8.46. The molecule has 0 radical (unpaired) electrons. The second-order valence-electron chi connectivity index (χ2n) is 3.08. The van der Waals surface area contributed by atoms with Crippen LogP contribution in [0.1, 0.15) is 5.56 Å². The van der Waals surface area contributed by atoms with Gasteiger partial charge in [-0.2, -0.15) is 5.26 Å². The number of hydrogen-bond acceptors (Lipinski definition) is 4. The SMILES string of the molecule is CN(CC#N)SSCCc1ccccc1. The molecule has 0 unspecified atom stereocenters. The van der Waals surface area contributed by atoms with Crippen LogP contribution >= 0.6 is 21.8 Å². The largest absolute Gasteiger partial charge is 0.230 e. The van der Waals surface area contributed by atoms with Gasteiger partial charge in [-0.15, -0.1) is 0 Å². The minimum atomic E-state index is 0.475. The molecule has 0 spiro atoms. The predicted octanol–water partition coefficient (Wildman–Crippen LogP) is 2.98. The smallest absolute Gasteiger partial charge is 0.0966 e.